The lowest BCUT2D eigenvalue weighted by Gasteiger charge is -2.40. The predicted octanol–water partition coefficient (Wildman–Crippen LogP) is 2.36. The van der Waals surface area contributed by atoms with Crippen LogP contribution in [-0.4, -0.2) is 53.0 Å². The molecule has 2 heterocycles. The van der Waals surface area contributed by atoms with Gasteiger partial charge < -0.3 is 10.2 Å². The minimum absolute atomic E-state index is 0.0107. The Labute approximate surface area is 156 Å². The summed E-state index contributed by atoms with van der Waals surface area (Å²) in [6.07, 6.45) is 7.75. The number of likely N-dealkylation sites (tertiary alicyclic amines) is 1. The molecule has 6 heteroatoms. The van der Waals surface area contributed by atoms with E-state index in [1.807, 2.05) is 11.8 Å². The van der Waals surface area contributed by atoms with Crippen molar-refractivity contribution in [2.45, 2.75) is 69.7 Å². The van der Waals surface area contributed by atoms with E-state index in [-0.39, 0.29) is 22.7 Å². The van der Waals surface area contributed by atoms with Gasteiger partial charge >= 0.3 is 0 Å². The molecular weight excluding hydrogens is 334 g/mol. The molecule has 1 aliphatic carbocycles. The maximum atomic E-state index is 12.7. The summed E-state index contributed by atoms with van der Waals surface area (Å²) in [4.78, 5) is 27.1. The van der Waals surface area contributed by atoms with Crippen molar-refractivity contribution in [2.75, 3.05) is 25.4 Å². The van der Waals surface area contributed by atoms with Crippen LogP contribution in [-0.2, 0) is 9.59 Å². The molecule has 2 saturated heterocycles. The van der Waals surface area contributed by atoms with Crippen LogP contribution in [0, 0.1) is 11.8 Å². The van der Waals surface area contributed by atoms with Crippen LogP contribution in [0.5, 0.6) is 0 Å². The van der Waals surface area contributed by atoms with Gasteiger partial charge in [0.2, 0.25) is 11.8 Å². The number of rotatable bonds is 4. The molecule has 142 valence electrons. The average Bonchev–Trinajstić information content (AvgIpc) is 3.04. The molecule has 0 bridgehead atoms. The molecule has 2 aliphatic heterocycles. The van der Waals surface area contributed by atoms with Gasteiger partial charge in [-0.2, -0.15) is 0 Å². The molecule has 3 aliphatic rings. The number of hydrogen-bond donors (Lipinski definition) is 2. The Balaban J connectivity index is 1.47. The number of nitrogens with zero attached hydrogens (tertiary/aromatic N) is 1. The Morgan fingerprint density at radius 2 is 1.88 bits per heavy atom. The predicted molar refractivity (Wildman–Crippen MR) is 102 cm³/mol. The van der Waals surface area contributed by atoms with E-state index >= 15 is 0 Å². The zero-order valence-corrected chi connectivity index (χ0v) is 16.5. The van der Waals surface area contributed by atoms with Gasteiger partial charge in [-0.25, -0.2) is 0 Å². The molecule has 1 spiro atoms. The number of thioether (sulfide) groups is 1. The van der Waals surface area contributed by atoms with Gasteiger partial charge in [-0.05, 0) is 31.6 Å². The zero-order valence-electron chi connectivity index (χ0n) is 15.7. The Morgan fingerprint density at radius 3 is 2.52 bits per heavy atom. The monoisotopic (exact) mass is 367 g/mol. The summed E-state index contributed by atoms with van der Waals surface area (Å²) in [5, 5.41) is 6.62. The number of nitrogens with one attached hydrogen (secondary N) is 2. The van der Waals surface area contributed by atoms with Crippen molar-refractivity contribution in [2.24, 2.45) is 11.8 Å². The van der Waals surface area contributed by atoms with Crippen molar-refractivity contribution < 1.29 is 9.59 Å². The molecule has 1 atom stereocenters. The molecule has 1 unspecified atom stereocenters. The third-order valence-corrected chi connectivity index (χ3v) is 7.38. The zero-order chi connectivity index (χ0) is 17.9. The minimum Gasteiger partial charge on any atom is -0.354 e. The number of hydrogen-bond acceptors (Lipinski definition) is 4. The van der Waals surface area contributed by atoms with E-state index in [2.05, 4.69) is 29.4 Å². The van der Waals surface area contributed by atoms with E-state index in [9.17, 15) is 9.59 Å². The number of carbonyl (C=O) groups excluding carboxylic acids is 2. The molecule has 5 nitrogen and oxygen atoms in total. The number of carbonyl (C=O) groups is 2. The molecule has 0 aromatic carbocycles. The third kappa shape index (κ3) is 4.70. The SMILES string of the molecule is CC(C)CNC(=O)C1CSC2(CCN(C(=O)C3CCCCC3)CC2)N1. The average molecular weight is 368 g/mol. The van der Waals surface area contributed by atoms with Gasteiger partial charge in [-0.3, -0.25) is 14.9 Å². The number of amides is 2. The lowest BCUT2D eigenvalue weighted by atomic mass is 9.87. The lowest BCUT2D eigenvalue weighted by molar-refractivity contribution is -0.138. The summed E-state index contributed by atoms with van der Waals surface area (Å²) in [5.74, 6) is 2.07. The Hall–Kier alpha value is -0.750. The van der Waals surface area contributed by atoms with Gasteiger partial charge in [0.25, 0.3) is 0 Å². The largest absolute Gasteiger partial charge is 0.354 e. The molecule has 3 rings (SSSR count). The second-order valence-corrected chi connectivity index (χ2v) is 9.70. The normalized spacial score (nSPS) is 27.0. The number of piperidine rings is 1. The molecule has 3 fully saturated rings. The second-order valence-electron chi connectivity index (χ2n) is 8.30. The topological polar surface area (TPSA) is 61.4 Å². The van der Waals surface area contributed by atoms with Crippen LogP contribution in [0.4, 0.5) is 0 Å². The fourth-order valence-corrected chi connectivity index (χ4v) is 5.61. The molecule has 0 aromatic heterocycles. The van der Waals surface area contributed by atoms with Gasteiger partial charge in [-0.15, -0.1) is 11.8 Å². The molecule has 0 aromatic rings. The fraction of sp³-hybridized carbons (Fsp3) is 0.895. The van der Waals surface area contributed by atoms with Crippen LogP contribution in [0.3, 0.4) is 0 Å². The van der Waals surface area contributed by atoms with E-state index in [1.165, 1.54) is 19.3 Å². The van der Waals surface area contributed by atoms with Gasteiger partial charge in [-0.1, -0.05) is 33.1 Å². The highest BCUT2D eigenvalue weighted by Gasteiger charge is 2.44. The smallest absolute Gasteiger partial charge is 0.238 e. The minimum atomic E-state index is -0.0932. The Kier molecular flexibility index (Phi) is 6.31. The maximum absolute atomic E-state index is 12.7. The summed E-state index contributed by atoms with van der Waals surface area (Å²) < 4.78 is 0. The first kappa shape index (κ1) is 19.0. The summed E-state index contributed by atoms with van der Waals surface area (Å²) in [6, 6.07) is -0.0932. The Bertz CT molecular complexity index is 483. The van der Waals surface area contributed by atoms with Crippen molar-refractivity contribution >= 4 is 23.6 Å². The van der Waals surface area contributed by atoms with Gasteiger partial charge in [0.1, 0.15) is 0 Å². The van der Waals surface area contributed by atoms with Gasteiger partial charge in [0, 0.05) is 31.3 Å². The standard InChI is InChI=1S/C19H33N3O2S/c1-14(2)12-20-17(23)16-13-25-19(21-16)8-10-22(11-9-19)18(24)15-6-4-3-5-7-15/h14-16,21H,3-13H2,1-2H3,(H,20,23). The summed E-state index contributed by atoms with van der Waals surface area (Å²) in [6.45, 7) is 6.61. The van der Waals surface area contributed by atoms with Crippen LogP contribution in [0.2, 0.25) is 0 Å². The third-order valence-electron chi connectivity index (χ3n) is 5.80. The van der Waals surface area contributed by atoms with Crippen molar-refractivity contribution in [3.63, 3.8) is 0 Å². The Morgan fingerprint density at radius 1 is 1.20 bits per heavy atom. The second kappa shape index (κ2) is 8.30. The van der Waals surface area contributed by atoms with Crippen molar-refractivity contribution in [1.82, 2.24) is 15.5 Å². The first-order valence-electron chi connectivity index (χ1n) is 9.97. The van der Waals surface area contributed by atoms with Crippen molar-refractivity contribution in [3.05, 3.63) is 0 Å². The molecule has 25 heavy (non-hydrogen) atoms. The summed E-state index contributed by atoms with van der Waals surface area (Å²) in [7, 11) is 0. The van der Waals surface area contributed by atoms with Crippen molar-refractivity contribution in [3.8, 4) is 0 Å². The van der Waals surface area contributed by atoms with E-state index < -0.39 is 0 Å². The van der Waals surface area contributed by atoms with E-state index in [4.69, 9.17) is 0 Å². The van der Waals surface area contributed by atoms with Crippen LogP contribution >= 0.6 is 11.8 Å². The van der Waals surface area contributed by atoms with Crippen LogP contribution in [0.25, 0.3) is 0 Å². The highest BCUT2D eigenvalue weighted by molar-refractivity contribution is 8.01. The van der Waals surface area contributed by atoms with Crippen LogP contribution in [0.15, 0.2) is 0 Å². The van der Waals surface area contributed by atoms with Gasteiger partial charge in [0.15, 0.2) is 0 Å². The van der Waals surface area contributed by atoms with Crippen LogP contribution < -0.4 is 10.6 Å². The van der Waals surface area contributed by atoms with Crippen molar-refractivity contribution in [1.29, 1.82) is 0 Å². The first-order valence-corrected chi connectivity index (χ1v) is 11.0. The molecule has 2 amide bonds. The highest BCUT2D eigenvalue weighted by atomic mass is 32.2. The summed E-state index contributed by atoms with van der Waals surface area (Å²) >= 11 is 1.88. The fourth-order valence-electron chi connectivity index (χ4n) is 4.20. The highest BCUT2D eigenvalue weighted by Crippen LogP contribution is 2.40. The quantitative estimate of drug-likeness (QED) is 0.801. The molecule has 2 N–H and O–H groups in total. The van der Waals surface area contributed by atoms with Gasteiger partial charge in [0.05, 0.1) is 10.9 Å². The van der Waals surface area contributed by atoms with Crippen LogP contribution in [0.1, 0.15) is 58.8 Å². The summed E-state index contributed by atoms with van der Waals surface area (Å²) in [5.41, 5.74) is 0. The first-order chi connectivity index (χ1) is 12.0. The molecular formula is C19H33N3O2S. The van der Waals surface area contributed by atoms with E-state index in [1.54, 1.807) is 0 Å². The van der Waals surface area contributed by atoms with E-state index in [0.717, 1.165) is 51.1 Å². The maximum Gasteiger partial charge on any atom is 0.238 e. The molecule has 0 radical (unpaired) electrons. The molecule has 1 saturated carbocycles. The van der Waals surface area contributed by atoms with E-state index in [0.29, 0.717) is 11.8 Å². The lowest BCUT2D eigenvalue weighted by Crippen LogP contribution is -2.55.